The van der Waals surface area contributed by atoms with Crippen LogP contribution in [0.5, 0.6) is 0 Å². The molecule has 4 fully saturated rings. The minimum atomic E-state index is 0. The minimum Gasteiger partial charge on any atom is -1.00 e. The van der Waals surface area contributed by atoms with Crippen LogP contribution in [-0.4, -0.2) is 35.0 Å². The number of hydrogen-bond acceptors (Lipinski definition) is 0. The summed E-state index contributed by atoms with van der Waals surface area (Å²) in [6.07, 6.45) is 36.6. The second kappa shape index (κ2) is 18.5. The molecule has 0 aromatic carbocycles. The van der Waals surface area contributed by atoms with Crippen molar-refractivity contribution in [3.63, 3.8) is 0 Å². The van der Waals surface area contributed by atoms with E-state index in [9.17, 15) is 0 Å². The molecule has 4 aliphatic carbocycles. The SMILES string of the molecule is C1CCC(P(CCCP(C2CCCCC2)C2CCCCC2)C2CCCCC2)CC1.[Br-].[Br-].[Ni+2]. The molecule has 0 saturated heterocycles. The summed E-state index contributed by atoms with van der Waals surface area (Å²) in [5.74, 6) is 0. The summed E-state index contributed by atoms with van der Waals surface area (Å²) >= 11 is 0. The van der Waals surface area contributed by atoms with Crippen LogP contribution in [0.4, 0.5) is 0 Å². The van der Waals surface area contributed by atoms with Gasteiger partial charge in [-0.05, 0) is 92.7 Å². The summed E-state index contributed by atoms with van der Waals surface area (Å²) in [5, 5.41) is 0. The van der Waals surface area contributed by atoms with Gasteiger partial charge in [-0.3, -0.25) is 0 Å². The fraction of sp³-hybridized carbons (Fsp3) is 1.00. The van der Waals surface area contributed by atoms with Gasteiger partial charge in [-0.2, -0.15) is 0 Å². The van der Waals surface area contributed by atoms with Crippen LogP contribution in [0, 0.1) is 0 Å². The zero-order valence-corrected chi connectivity index (χ0v) is 26.5. The van der Waals surface area contributed by atoms with Crippen LogP contribution in [0.15, 0.2) is 0 Å². The van der Waals surface area contributed by atoms with Crippen molar-refractivity contribution in [1.82, 2.24) is 0 Å². The van der Waals surface area contributed by atoms with E-state index in [2.05, 4.69) is 0 Å². The second-order valence-electron chi connectivity index (χ2n) is 11.0. The monoisotopic (exact) mass is 652 g/mol. The standard InChI is InChI=1S/C27H50P2.2BrH.Ni/c1-5-14-24(15-6-1)28(25-16-7-2-8-17-25)22-13-23-29(26-18-9-3-10-19-26)27-20-11-4-12-21-27;;;/h24-27H,1-23H2;2*1H;/q;;;+2/p-2. The van der Waals surface area contributed by atoms with Crippen molar-refractivity contribution in [2.24, 2.45) is 0 Å². The molecule has 192 valence electrons. The molecule has 4 rings (SSSR count). The Morgan fingerprint density at radius 1 is 0.375 bits per heavy atom. The van der Waals surface area contributed by atoms with Crippen LogP contribution in [0.2, 0.25) is 0 Å². The van der Waals surface area contributed by atoms with Crippen molar-refractivity contribution in [3.8, 4) is 0 Å². The Kier molecular flexibility index (Phi) is 18.7. The van der Waals surface area contributed by atoms with Gasteiger partial charge in [-0.25, -0.2) is 0 Å². The van der Waals surface area contributed by atoms with Gasteiger partial charge in [0, 0.05) is 0 Å². The molecule has 0 unspecified atom stereocenters. The zero-order valence-electron chi connectivity index (χ0n) is 20.5. The maximum Gasteiger partial charge on any atom is 2.00 e. The molecule has 4 aliphatic rings. The van der Waals surface area contributed by atoms with Crippen LogP contribution >= 0.6 is 15.8 Å². The molecule has 0 spiro atoms. The summed E-state index contributed by atoms with van der Waals surface area (Å²) in [6, 6.07) is 0. The normalized spacial score (nSPS) is 24.6. The molecule has 4 saturated carbocycles. The molecule has 0 aromatic rings. The fourth-order valence-corrected chi connectivity index (χ4v) is 15.5. The third kappa shape index (κ3) is 9.99. The average molecular weight is 655 g/mol. The molecule has 0 radical (unpaired) electrons. The van der Waals surface area contributed by atoms with E-state index in [4.69, 9.17) is 0 Å². The largest absolute Gasteiger partial charge is 2.00 e. The molecule has 32 heavy (non-hydrogen) atoms. The van der Waals surface area contributed by atoms with Crippen LogP contribution < -0.4 is 34.0 Å². The smallest absolute Gasteiger partial charge is 1.00 e. The van der Waals surface area contributed by atoms with Gasteiger partial charge >= 0.3 is 16.5 Å². The van der Waals surface area contributed by atoms with E-state index in [-0.39, 0.29) is 50.5 Å². The Hall–Kier alpha value is 2.31. The van der Waals surface area contributed by atoms with Gasteiger partial charge in [0.25, 0.3) is 0 Å². The van der Waals surface area contributed by atoms with Crippen LogP contribution in [-0.2, 0) is 16.5 Å². The molecule has 0 nitrogen and oxygen atoms in total. The van der Waals surface area contributed by atoms with Gasteiger partial charge < -0.3 is 34.0 Å². The van der Waals surface area contributed by atoms with Crippen LogP contribution in [0.25, 0.3) is 0 Å². The Labute approximate surface area is 234 Å². The summed E-state index contributed by atoms with van der Waals surface area (Å²) in [6.45, 7) is 0. The molecular weight excluding hydrogens is 605 g/mol. The van der Waals surface area contributed by atoms with Gasteiger partial charge in [-0.15, -0.1) is 15.8 Å². The number of halogens is 2. The van der Waals surface area contributed by atoms with Gasteiger partial charge in [0.15, 0.2) is 0 Å². The van der Waals surface area contributed by atoms with Gasteiger partial charge in [-0.1, -0.05) is 77.0 Å². The van der Waals surface area contributed by atoms with Crippen LogP contribution in [0.1, 0.15) is 135 Å². The van der Waals surface area contributed by atoms with Crippen molar-refractivity contribution in [3.05, 3.63) is 0 Å². The summed E-state index contributed by atoms with van der Waals surface area (Å²) in [5.41, 5.74) is 4.71. The van der Waals surface area contributed by atoms with E-state index < -0.39 is 0 Å². The maximum atomic E-state index is 1.68. The van der Waals surface area contributed by atoms with Gasteiger partial charge in [0.2, 0.25) is 0 Å². The van der Waals surface area contributed by atoms with Crippen molar-refractivity contribution in [2.45, 2.75) is 157 Å². The first-order valence-corrected chi connectivity index (χ1v) is 17.3. The molecule has 0 heterocycles. The third-order valence-electron chi connectivity index (χ3n) is 9.01. The maximum absolute atomic E-state index is 1.68. The fourth-order valence-electron chi connectivity index (χ4n) is 7.41. The van der Waals surface area contributed by atoms with Crippen molar-refractivity contribution in [1.29, 1.82) is 0 Å². The van der Waals surface area contributed by atoms with Crippen molar-refractivity contribution in [2.75, 3.05) is 12.3 Å². The number of hydrogen-bond donors (Lipinski definition) is 0. The van der Waals surface area contributed by atoms with Crippen LogP contribution in [0.3, 0.4) is 0 Å². The number of rotatable bonds is 8. The van der Waals surface area contributed by atoms with E-state index >= 15 is 0 Å². The Morgan fingerprint density at radius 2 is 0.594 bits per heavy atom. The summed E-state index contributed by atoms with van der Waals surface area (Å²) in [7, 11) is 0.696. The Morgan fingerprint density at radius 3 is 0.812 bits per heavy atom. The molecule has 5 heteroatoms. The Bertz CT molecular complexity index is 367. The molecule has 0 aromatic heterocycles. The van der Waals surface area contributed by atoms with E-state index in [0.29, 0.717) is 15.8 Å². The molecule has 0 amide bonds. The van der Waals surface area contributed by atoms with E-state index in [1.807, 2.05) is 0 Å². The molecule has 0 aliphatic heterocycles. The zero-order chi connectivity index (χ0) is 19.7. The predicted molar refractivity (Wildman–Crippen MR) is 136 cm³/mol. The summed E-state index contributed by atoms with van der Waals surface area (Å²) < 4.78 is 0. The first-order chi connectivity index (χ1) is 14.4. The molecule has 0 atom stereocenters. The third-order valence-corrected chi connectivity index (χ3v) is 16.5. The van der Waals surface area contributed by atoms with E-state index in [1.165, 1.54) is 22.6 Å². The molecule has 0 N–H and O–H groups in total. The van der Waals surface area contributed by atoms with Crippen molar-refractivity contribution >= 4 is 15.8 Å². The molecule has 0 bridgehead atoms. The quantitative estimate of drug-likeness (QED) is 0.277. The first-order valence-electron chi connectivity index (χ1n) is 13.9. The van der Waals surface area contributed by atoms with Crippen molar-refractivity contribution < 1.29 is 50.5 Å². The predicted octanol–water partition coefficient (Wildman–Crippen LogP) is 3.68. The van der Waals surface area contributed by atoms with E-state index in [0.717, 1.165) is 0 Å². The minimum absolute atomic E-state index is 0. The molecular formula is C27H50Br2NiP2. The second-order valence-corrected chi connectivity index (χ2v) is 16.9. The van der Waals surface area contributed by atoms with Gasteiger partial charge in [0.1, 0.15) is 0 Å². The first kappa shape index (κ1) is 32.3. The van der Waals surface area contributed by atoms with E-state index in [1.54, 1.807) is 147 Å². The average Bonchev–Trinajstić information content (AvgIpc) is 2.81. The Balaban J connectivity index is 0.00000171. The summed E-state index contributed by atoms with van der Waals surface area (Å²) in [4.78, 5) is 0. The topological polar surface area (TPSA) is 0 Å². The van der Waals surface area contributed by atoms with Gasteiger partial charge in [0.05, 0.1) is 0 Å².